The molecule has 0 rings (SSSR count). The molecule has 182 valence electrons. The van der Waals surface area contributed by atoms with Crippen LogP contribution in [-0.4, -0.2) is 61.2 Å². The average Bonchev–Trinajstić information content (AvgIpc) is 2.71. The molecule has 0 spiro atoms. The lowest BCUT2D eigenvalue weighted by molar-refractivity contribution is -0.143. The van der Waals surface area contributed by atoms with Gasteiger partial charge in [-0.15, -0.1) is 0 Å². The Balaban J connectivity index is 6.36. The van der Waals surface area contributed by atoms with E-state index in [0.717, 1.165) is 25.7 Å². The molecule has 0 heterocycles. The maximum Gasteiger partial charge on any atom is 0.341 e. The van der Waals surface area contributed by atoms with Crippen molar-refractivity contribution < 1.29 is 27.9 Å². The molecule has 0 aromatic rings. The molecule has 8 nitrogen and oxygen atoms in total. The first-order valence-corrected chi connectivity index (χ1v) is 13.3. The molecule has 0 saturated carbocycles. The Labute approximate surface area is 188 Å². The summed E-state index contributed by atoms with van der Waals surface area (Å²) in [5.41, 5.74) is -0.998. The second-order valence-corrected chi connectivity index (χ2v) is 9.63. The quantitative estimate of drug-likeness (QED) is 0.0963. The number of hydrogen-bond donors (Lipinski definition) is 0. The van der Waals surface area contributed by atoms with Crippen LogP contribution in [0.15, 0.2) is 4.99 Å². The Morgan fingerprint density at radius 2 is 1.42 bits per heavy atom. The first kappa shape index (κ1) is 29.8. The molecule has 31 heavy (non-hydrogen) atoms. The van der Waals surface area contributed by atoms with Crippen LogP contribution in [0.5, 0.6) is 0 Å². The van der Waals surface area contributed by atoms with E-state index in [0.29, 0.717) is 31.8 Å². The standard InChI is InChI=1S/C22H43N2O6P/c1-7-12-16-29-31(27,30-17-13-8-2)20(18-21(26)28-11-5)22(23-19(6)25)24(14-9-3)15-10-4/h20H,7-18H2,1-6H3. The third-order valence-electron chi connectivity index (χ3n) is 4.47. The van der Waals surface area contributed by atoms with Crippen molar-refractivity contribution in [2.24, 2.45) is 4.99 Å². The van der Waals surface area contributed by atoms with Gasteiger partial charge in [-0.3, -0.25) is 14.2 Å². The summed E-state index contributed by atoms with van der Waals surface area (Å²) in [5.74, 6) is -0.648. The Morgan fingerprint density at radius 1 is 0.903 bits per heavy atom. The second-order valence-electron chi connectivity index (χ2n) is 7.41. The van der Waals surface area contributed by atoms with Gasteiger partial charge >= 0.3 is 13.6 Å². The minimum atomic E-state index is -3.81. The number of rotatable bonds is 17. The molecule has 0 aliphatic carbocycles. The lowest BCUT2D eigenvalue weighted by Gasteiger charge is -2.33. The summed E-state index contributed by atoms with van der Waals surface area (Å²) >= 11 is 0. The van der Waals surface area contributed by atoms with Crippen molar-refractivity contribution >= 4 is 25.3 Å². The van der Waals surface area contributed by atoms with Gasteiger partial charge in [-0.05, 0) is 32.6 Å². The number of carbonyl (C=O) groups excluding carboxylic acids is 2. The Bertz CT molecular complexity index is 577. The fraction of sp³-hybridized carbons (Fsp3) is 0.864. The number of amides is 1. The van der Waals surface area contributed by atoms with E-state index < -0.39 is 25.1 Å². The van der Waals surface area contributed by atoms with Gasteiger partial charge in [-0.25, -0.2) is 0 Å². The molecular weight excluding hydrogens is 419 g/mol. The molecule has 0 bridgehead atoms. The van der Waals surface area contributed by atoms with E-state index in [4.69, 9.17) is 13.8 Å². The fourth-order valence-electron chi connectivity index (χ4n) is 3.01. The van der Waals surface area contributed by atoms with Crippen LogP contribution in [-0.2, 0) is 27.9 Å². The summed E-state index contributed by atoms with van der Waals surface area (Å²) in [7, 11) is -3.81. The summed E-state index contributed by atoms with van der Waals surface area (Å²) in [6, 6.07) is 0. The predicted octanol–water partition coefficient (Wildman–Crippen LogP) is 5.20. The molecule has 0 saturated heterocycles. The molecule has 0 aliphatic rings. The van der Waals surface area contributed by atoms with Crippen LogP contribution in [0.2, 0.25) is 0 Å². The van der Waals surface area contributed by atoms with Gasteiger partial charge in [-0.2, -0.15) is 4.99 Å². The van der Waals surface area contributed by atoms with Gasteiger partial charge in [0.1, 0.15) is 11.5 Å². The van der Waals surface area contributed by atoms with E-state index in [1.165, 1.54) is 6.92 Å². The summed E-state index contributed by atoms with van der Waals surface area (Å²) < 4.78 is 30.9. The Hall–Kier alpha value is -1.24. The van der Waals surface area contributed by atoms with E-state index in [1.807, 2.05) is 32.6 Å². The maximum absolute atomic E-state index is 14.1. The number of nitrogens with zero attached hydrogens (tertiary/aromatic N) is 2. The molecule has 9 heteroatoms. The molecule has 0 aromatic carbocycles. The zero-order valence-corrected chi connectivity index (χ0v) is 21.2. The minimum absolute atomic E-state index is 0.204. The van der Waals surface area contributed by atoms with Crippen molar-refractivity contribution in [1.82, 2.24) is 4.90 Å². The summed E-state index contributed by atoms with van der Waals surface area (Å²) in [6.07, 6.45) is 4.54. The monoisotopic (exact) mass is 462 g/mol. The molecule has 0 aromatic heterocycles. The van der Waals surface area contributed by atoms with E-state index in [-0.39, 0.29) is 26.2 Å². The summed E-state index contributed by atoms with van der Waals surface area (Å²) in [6.45, 7) is 13.0. The van der Waals surface area contributed by atoms with E-state index in [1.54, 1.807) is 6.92 Å². The highest BCUT2D eigenvalue weighted by Crippen LogP contribution is 2.55. The highest BCUT2D eigenvalue weighted by molar-refractivity contribution is 7.55. The molecule has 1 unspecified atom stereocenters. The highest BCUT2D eigenvalue weighted by Gasteiger charge is 2.43. The van der Waals surface area contributed by atoms with Gasteiger partial charge in [0.05, 0.1) is 26.2 Å². The number of ether oxygens (including phenoxy) is 1. The normalized spacial score (nSPS) is 13.2. The zero-order chi connectivity index (χ0) is 23.7. The number of carbonyl (C=O) groups is 2. The van der Waals surface area contributed by atoms with Crippen molar-refractivity contribution in [2.45, 2.75) is 92.1 Å². The second kappa shape index (κ2) is 17.3. The third kappa shape index (κ3) is 11.8. The number of aliphatic imine (C=N–C) groups is 1. The fourth-order valence-corrected chi connectivity index (χ4v) is 5.09. The minimum Gasteiger partial charge on any atom is -0.466 e. The molecule has 1 amide bonds. The lowest BCUT2D eigenvalue weighted by Crippen LogP contribution is -2.42. The summed E-state index contributed by atoms with van der Waals surface area (Å²) in [5, 5.41) is 0. The SMILES string of the molecule is CCCCOP(=O)(OCCCC)C(CC(=O)OCC)C(=NC(C)=O)N(CCC)CCC. The van der Waals surface area contributed by atoms with Crippen molar-refractivity contribution in [2.75, 3.05) is 32.9 Å². The van der Waals surface area contributed by atoms with Crippen LogP contribution in [0.1, 0.15) is 86.5 Å². The topological polar surface area (TPSA) is 94.5 Å². The van der Waals surface area contributed by atoms with Gasteiger partial charge in [-0.1, -0.05) is 40.5 Å². The predicted molar refractivity (Wildman–Crippen MR) is 125 cm³/mol. The van der Waals surface area contributed by atoms with Crippen LogP contribution in [0, 0.1) is 0 Å². The molecule has 0 radical (unpaired) electrons. The average molecular weight is 463 g/mol. The van der Waals surface area contributed by atoms with Gasteiger partial charge in [0.2, 0.25) is 5.91 Å². The first-order chi connectivity index (χ1) is 14.8. The number of hydrogen-bond acceptors (Lipinski definition) is 6. The smallest absolute Gasteiger partial charge is 0.341 e. The van der Waals surface area contributed by atoms with Crippen molar-refractivity contribution in [3.63, 3.8) is 0 Å². The third-order valence-corrected chi connectivity index (χ3v) is 6.73. The highest BCUT2D eigenvalue weighted by atomic mass is 31.2. The number of amidine groups is 1. The molecule has 1 atom stereocenters. The van der Waals surface area contributed by atoms with E-state index in [2.05, 4.69) is 4.99 Å². The molecule has 0 aliphatic heterocycles. The molecule has 0 N–H and O–H groups in total. The lowest BCUT2D eigenvalue weighted by atomic mass is 10.2. The van der Waals surface area contributed by atoms with Crippen LogP contribution >= 0.6 is 7.60 Å². The van der Waals surface area contributed by atoms with Gasteiger partial charge in [0.15, 0.2) is 0 Å². The van der Waals surface area contributed by atoms with Crippen molar-refractivity contribution in [3.05, 3.63) is 0 Å². The number of unbranched alkanes of at least 4 members (excludes halogenated alkanes) is 2. The van der Waals surface area contributed by atoms with Crippen LogP contribution in [0.4, 0.5) is 0 Å². The van der Waals surface area contributed by atoms with Gasteiger partial charge in [0.25, 0.3) is 0 Å². The van der Waals surface area contributed by atoms with Crippen LogP contribution < -0.4 is 0 Å². The van der Waals surface area contributed by atoms with Crippen LogP contribution in [0.25, 0.3) is 0 Å². The Kier molecular flexibility index (Phi) is 16.6. The van der Waals surface area contributed by atoms with E-state index >= 15 is 0 Å². The molecular formula is C22H43N2O6P. The van der Waals surface area contributed by atoms with E-state index in [9.17, 15) is 14.2 Å². The number of esters is 1. The van der Waals surface area contributed by atoms with Crippen molar-refractivity contribution in [1.29, 1.82) is 0 Å². The first-order valence-electron chi connectivity index (χ1n) is 11.7. The van der Waals surface area contributed by atoms with Crippen molar-refractivity contribution in [3.8, 4) is 0 Å². The van der Waals surface area contributed by atoms with Crippen LogP contribution in [0.3, 0.4) is 0 Å². The zero-order valence-electron chi connectivity index (χ0n) is 20.4. The maximum atomic E-state index is 14.1. The Morgan fingerprint density at radius 3 is 1.81 bits per heavy atom. The summed E-state index contributed by atoms with van der Waals surface area (Å²) in [4.78, 5) is 30.6. The molecule has 0 fully saturated rings. The largest absolute Gasteiger partial charge is 0.466 e. The van der Waals surface area contributed by atoms with Gasteiger partial charge < -0.3 is 18.7 Å². The van der Waals surface area contributed by atoms with Gasteiger partial charge in [0, 0.05) is 20.0 Å².